The lowest BCUT2D eigenvalue weighted by atomic mass is 9.98. The Morgan fingerprint density at radius 3 is 2.19 bits per heavy atom. The van der Waals surface area contributed by atoms with Crippen molar-refractivity contribution in [2.75, 3.05) is 32.2 Å². The molecule has 1 aliphatic rings. The highest BCUT2D eigenvalue weighted by Crippen LogP contribution is 2.46. The van der Waals surface area contributed by atoms with Gasteiger partial charge in [0.2, 0.25) is 0 Å². The molecular weight excluding hydrogens is 698 g/mol. The molecule has 0 spiro atoms. The molecular formula is C40H64FN4O7P. The fourth-order valence-electron chi connectivity index (χ4n) is 6.88. The van der Waals surface area contributed by atoms with Gasteiger partial charge in [-0.15, -0.1) is 0 Å². The van der Waals surface area contributed by atoms with E-state index in [4.69, 9.17) is 29.0 Å². The van der Waals surface area contributed by atoms with Crippen molar-refractivity contribution in [3.63, 3.8) is 0 Å². The number of nitrogens with two attached hydrogens (primary N) is 1. The van der Waals surface area contributed by atoms with Gasteiger partial charge in [0.05, 0.1) is 38.2 Å². The highest BCUT2D eigenvalue weighted by Gasteiger charge is 2.41. The summed E-state index contributed by atoms with van der Waals surface area (Å²) in [7, 11) is -4.43. The lowest BCUT2D eigenvalue weighted by Gasteiger charge is -2.25. The number of phosphoric acid groups is 1. The molecule has 11 nitrogen and oxygen atoms in total. The van der Waals surface area contributed by atoms with Crippen molar-refractivity contribution in [1.82, 2.24) is 14.6 Å². The highest BCUT2D eigenvalue weighted by molar-refractivity contribution is 7.47. The zero-order chi connectivity index (χ0) is 37.8. The van der Waals surface area contributed by atoms with Gasteiger partial charge in [0.15, 0.2) is 5.82 Å². The minimum Gasteiger partial charge on any atom is -0.382 e. The molecule has 4 atom stereocenters. The van der Waals surface area contributed by atoms with Crippen LogP contribution in [0.4, 0.5) is 10.2 Å². The van der Waals surface area contributed by atoms with E-state index in [1.54, 1.807) is 16.6 Å². The molecule has 3 N–H and O–H groups in total. The maximum Gasteiger partial charge on any atom is 0.472 e. The first-order chi connectivity index (χ1) is 25.7. The van der Waals surface area contributed by atoms with Gasteiger partial charge in [-0.2, -0.15) is 5.10 Å². The van der Waals surface area contributed by atoms with Crippen LogP contribution in [0.2, 0.25) is 0 Å². The lowest BCUT2D eigenvalue weighted by Crippen LogP contribution is -2.27. The summed E-state index contributed by atoms with van der Waals surface area (Å²) in [5, 5.41) is 4.32. The first-order valence-electron chi connectivity index (χ1n) is 20.0. The summed E-state index contributed by atoms with van der Waals surface area (Å²) in [5.74, 6) is 0.0397. The fraction of sp³-hybridized carbons (Fsp3) is 0.700. The van der Waals surface area contributed by atoms with Crippen molar-refractivity contribution in [1.29, 1.82) is 0 Å². The van der Waals surface area contributed by atoms with E-state index < -0.39 is 25.6 Å². The third-order valence-electron chi connectivity index (χ3n) is 10.1. The summed E-state index contributed by atoms with van der Waals surface area (Å²) >= 11 is 0. The minimum absolute atomic E-state index is 0.124. The first kappa shape index (κ1) is 43.3. The van der Waals surface area contributed by atoms with Crippen LogP contribution in [0, 0.1) is 5.82 Å². The van der Waals surface area contributed by atoms with Crippen molar-refractivity contribution < 1.29 is 37.1 Å². The predicted molar refractivity (Wildman–Crippen MR) is 206 cm³/mol. The van der Waals surface area contributed by atoms with Gasteiger partial charge in [0, 0.05) is 6.61 Å². The average molecular weight is 763 g/mol. The molecule has 1 fully saturated rings. The number of aromatic nitrogens is 3. The Labute approximate surface area is 316 Å². The molecule has 3 aromatic rings. The largest absolute Gasteiger partial charge is 0.472 e. The SMILES string of the molecule is CCCCCCCCCCCCCCCCCCOC[C@H](COP(=O)(O)OC[C@@H]1CC[C@](C)(c2ccc3c(N)ncnn23)O1)OCc1ccc(F)cc1. The van der Waals surface area contributed by atoms with Crippen LogP contribution in [0.25, 0.3) is 5.52 Å². The van der Waals surface area contributed by atoms with Gasteiger partial charge in [-0.3, -0.25) is 9.05 Å². The van der Waals surface area contributed by atoms with Crippen molar-refractivity contribution in [3.05, 3.63) is 59.8 Å². The number of fused-ring (bicyclic) bond motifs is 1. The van der Waals surface area contributed by atoms with Crippen LogP contribution in [-0.4, -0.2) is 58.1 Å². The number of phosphoric ester groups is 1. The molecule has 1 unspecified atom stereocenters. The van der Waals surface area contributed by atoms with Crippen LogP contribution in [-0.2, 0) is 40.0 Å². The molecule has 0 amide bonds. The molecule has 0 saturated carbocycles. The van der Waals surface area contributed by atoms with Crippen LogP contribution in [0.1, 0.15) is 141 Å². The Hall–Kier alpha value is -2.44. The van der Waals surface area contributed by atoms with Gasteiger partial charge in [-0.25, -0.2) is 18.5 Å². The van der Waals surface area contributed by atoms with Crippen LogP contribution in [0.3, 0.4) is 0 Å². The second-order valence-electron chi connectivity index (χ2n) is 14.7. The van der Waals surface area contributed by atoms with E-state index in [1.807, 2.05) is 19.1 Å². The van der Waals surface area contributed by atoms with Crippen molar-refractivity contribution in [2.45, 2.75) is 154 Å². The van der Waals surface area contributed by atoms with Crippen LogP contribution in [0.5, 0.6) is 0 Å². The fourth-order valence-corrected chi connectivity index (χ4v) is 7.66. The van der Waals surface area contributed by atoms with E-state index >= 15 is 0 Å². The number of halogens is 1. The van der Waals surface area contributed by atoms with E-state index in [9.17, 15) is 13.8 Å². The maximum atomic E-state index is 13.4. The Balaban J connectivity index is 1.10. The number of hydrogen-bond acceptors (Lipinski definition) is 9. The van der Waals surface area contributed by atoms with Gasteiger partial charge in [-0.1, -0.05) is 115 Å². The quantitative estimate of drug-likeness (QED) is 0.0519. The molecule has 0 radical (unpaired) electrons. The summed E-state index contributed by atoms with van der Waals surface area (Å²) in [6.07, 6.45) is 22.5. The Bertz CT molecular complexity index is 1500. The van der Waals surface area contributed by atoms with Crippen LogP contribution >= 0.6 is 7.82 Å². The Kier molecular flexibility index (Phi) is 19.2. The van der Waals surface area contributed by atoms with Gasteiger partial charge in [0.1, 0.15) is 29.4 Å². The van der Waals surface area contributed by atoms with Gasteiger partial charge >= 0.3 is 7.82 Å². The van der Waals surface area contributed by atoms with Crippen molar-refractivity contribution in [3.8, 4) is 0 Å². The summed E-state index contributed by atoms with van der Waals surface area (Å²) in [6.45, 7) is 4.80. The molecule has 1 aliphatic heterocycles. The number of nitrogen functional groups attached to an aromatic ring is 1. The molecule has 13 heteroatoms. The zero-order valence-corrected chi connectivity index (χ0v) is 33.0. The Morgan fingerprint density at radius 1 is 0.925 bits per heavy atom. The molecule has 53 heavy (non-hydrogen) atoms. The van der Waals surface area contributed by atoms with E-state index in [1.165, 1.54) is 108 Å². The number of unbranched alkanes of at least 4 members (excludes halogenated alkanes) is 15. The first-order valence-corrected chi connectivity index (χ1v) is 21.5. The van der Waals surface area contributed by atoms with Crippen molar-refractivity contribution in [2.24, 2.45) is 0 Å². The number of anilines is 1. The highest BCUT2D eigenvalue weighted by atomic mass is 31.2. The maximum absolute atomic E-state index is 13.4. The monoisotopic (exact) mass is 762 g/mol. The number of benzene rings is 1. The summed E-state index contributed by atoms with van der Waals surface area (Å²) in [5.41, 5.74) is 7.57. The number of ether oxygens (including phenoxy) is 3. The number of rotatable bonds is 29. The summed E-state index contributed by atoms with van der Waals surface area (Å²) in [6, 6.07) is 9.76. The molecule has 1 saturated heterocycles. The molecule has 298 valence electrons. The summed E-state index contributed by atoms with van der Waals surface area (Å²) < 4.78 is 57.0. The van der Waals surface area contributed by atoms with E-state index in [0.717, 1.165) is 24.1 Å². The molecule has 1 aromatic carbocycles. The second-order valence-corrected chi connectivity index (χ2v) is 16.1. The van der Waals surface area contributed by atoms with Crippen molar-refractivity contribution >= 4 is 19.2 Å². The molecule has 4 rings (SSSR count). The third kappa shape index (κ3) is 15.7. The molecule has 3 heterocycles. The predicted octanol–water partition coefficient (Wildman–Crippen LogP) is 9.84. The topological polar surface area (TPSA) is 140 Å². The smallest absolute Gasteiger partial charge is 0.382 e. The third-order valence-corrected chi connectivity index (χ3v) is 11.0. The van der Waals surface area contributed by atoms with Gasteiger partial charge in [-0.05, 0) is 56.0 Å². The second kappa shape index (κ2) is 23.5. The standard InChI is InChI=1S/C40H64FN4O7P/c1-3-4-5-6-7-8-9-10-11-12-13-14-15-16-17-18-27-48-29-36(49-28-33-19-21-34(41)22-20-33)31-51-53(46,47)50-30-35-25-26-40(2,52-35)38-24-23-37-39(42)43-32-44-45(37)38/h19-24,32,35-36H,3-18,25-31H2,1-2H3,(H,46,47)(H2,42,43,44)/t35-,36+,40+/m0/s1. The molecule has 0 aliphatic carbocycles. The minimum atomic E-state index is -4.43. The Morgan fingerprint density at radius 2 is 1.55 bits per heavy atom. The van der Waals surface area contributed by atoms with Gasteiger partial charge < -0.3 is 24.8 Å². The van der Waals surface area contributed by atoms with Crippen LogP contribution in [0.15, 0.2) is 42.7 Å². The number of hydrogen-bond donors (Lipinski definition) is 2. The van der Waals surface area contributed by atoms with E-state index in [-0.39, 0.29) is 32.2 Å². The average Bonchev–Trinajstić information content (AvgIpc) is 3.77. The summed E-state index contributed by atoms with van der Waals surface area (Å²) in [4.78, 5) is 14.6. The van der Waals surface area contributed by atoms with E-state index in [0.29, 0.717) is 30.8 Å². The molecule has 0 bridgehead atoms. The zero-order valence-electron chi connectivity index (χ0n) is 32.1. The number of nitrogens with zero attached hydrogens (tertiary/aromatic N) is 3. The normalized spacial score (nSPS) is 19.2. The van der Waals surface area contributed by atoms with Crippen LogP contribution < -0.4 is 5.73 Å². The molecule has 2 aromatic heterocycles. The van der Waals surface area contributed by atoms with Gasteiger partial charge in [0.25, 0.3) is 0 Å². The van der Waals surface area contributed by atoms with E-state index in [2.05, 4.69) is 17.0 Å². The lowest BCUT2D eigenvalue weighted by molar-refractivity contribution is -0.0635.